The Morgan fingerprint density at radius 3 is 2.71 bits per heavy atom. The van der Waals surface area contributed by atoms with Crippen LogP contribution in [0.5, 0.6) is 0 Å². The Morgan fingerprint density at radius 1 is 1.43 bits per heavy atom. The third-order valence-corrected chi connectivity index (χ3v) is 2.75. The highest BCUT2D eigenvalue weighted by atomic mass is 16.5. The summed E-state index contributed by atoms with van der Waals surface area (Å²) in [5.74, 6) is 0.479. The van der Waals surface area contributed by atoms with Crippen LogP contribution >= 0.6 is 0 Å². The van der Waals surface area contributed by atoms with Crippen molar-refractivity contribution >= 4 is 0 Å². The summed E-state index contributed by atoms with van der Waals surface area (Å²) in [7, 11) is 0. The molecule has 0 bridgehead atoms. The van der Waals surface area contributed by atoms with E-state index in [2.05, 4.69) is 19.2 Å². The zero-order chi connectivity index (χ0) is 10.6. The Balaban J connectivity index is 2.37. The lowest BCUT2D eigenvalue weighted by Gasteiger charge is -2.22. The van der Waals surface area contributed by atoms with Gasteiger partial charge in [0.1, 0.15) is 0 Å². The smallest absolute Gasteiger partial charge is 0.0559 e. The Bertz CT molecular complexity index is 161. The van der Waals surface area contributed by atoms with Crippen molar-refractivity contribution in [3.05, 3.63) is 0 Å². The second-order valence-corrected chi connectivity index (χ2v) is 4.47. The summed E-state index contributed by atoms with van der Waals surface area (Å²) in [4.78, 5) is 0. The van der Waals surface area contributed by atoms with Crippen molar-refractivity contribution < 1.29 is 9.84 Å². The Kier molecular flexibility index (Phi) is 4.85. The van der Waals surface area contributed by atoms with E-state index in [4.69, 9.17) is 4.74 Å². The van der Waals surface area contributed by atoms with E-state index in [0.717, 1.165) is 26.1 Å². The summed E-state index contributed by atoms with van der Waals surface area (Å²) in [5.41, 5.74) is 0. The van der Waals surface area contributed by atoms with E-state index >= 15 is 0 Å². The molecule has 1 aliphatic rings. The van der Waals surface area contributed by atoms with E-state index in [0.29, 0.717) is 18.0 Å². The molecule has 0 saturated heterocycles. The predicted molar refractivity (Wildman–Crippen MR) is 57.3 cm³/mol. The van der Waals surface area contributed by atoms with Crippen LogP contribution in [0.2, 0.25) is 0 Å². The molecule has 0 heterocycles. The van der Waals surface area contributed by atoms with Gasteiger partial charge in [-0.1, -0.05) is 13.8 Å². The number of nitrogens with one attached hydrogen (secondary N) is 1. The molecule has 3 nitrogen and oxygen atoms in total. The van der Waals surface area contributed by atoms with Gasteiger partial charge in [-0.3, -0.25) is 0 Å². The van der Waals surface area contributed by atoms with E-state index in [9.17, 15) is 5.11 Å². The van der Waals surface area contributed by atoms with Gasteiger partial charge in [-0.2, -0.15) is 0 Å². The van der Waals surface area contributed by atoms with Gasteiger partial charge in [0.05, 0.1) is 12.7 Å². The lowest BCUT2D eigenvalue weighted by atomic mass is 10.0. The maximum atomic E-state index is 9.59. The fraction of sp³-hybridized carbons (Fsp3) is 1.00. The zero-order valence-corrected chi connectivity index (χ0v) is 9.49. The molecule has 0 aromatic rings. The van der Waals surface area contributed by atoms with E-state index < -0.39 is 0 Å². The second-order valence-electron chi connectivity index (χ2n) is 4.47. The maximum Gasteiger partial charge on any atom is 0.0559 e. The van der Waals surface area contributed by atoms with Gasteiger partial charge in [0, 0.05) is 24.6 Å². The average molecular weight is 201 g/mol. The van der Waals surface area contributed by atoms with Crippen LogP contribution in [-0.2, 0) is 4.74 Å². The van der Waals surface area contributed by atoms with Crippen molar-refractivity contribution in [3.63, 3.8) is 0 Å². The normalized spacial score (nSPS) is 32.8. The molecule has 1 rings (SSSR count). The van der Waals surface area contributed by atoms with Crippen LogP contribution < -0.4 is 5.32 Å². The molecule has 0 aromatic carbocycles. The molecule has 0 radical (unpaired) electrons. The molecule has 14 heavy (non-hydrogen) atoms. The Hall–Kier alpha value is -0.120. The van der Waals surface area contributed by atoms with E-state index in [1.54, 1.807) is 0 Å². The molecule has 3 unspecified atom stereocenters. The van der Waals surface area contributed by atoms with Crippen molar-refractivity contribution in [1.82, 2.24) is 5.32 Å². The number of hydrogen-bond acceptors (Lipinski definition) is 3. The maximum absolute atomic E-state index is 9.59. The SMILES string of the molecule is CCOCC1CC(O)CC1NC(C)C. The number of rotatable bonds is 5. The fourth-order valence-electron chi connectivity index (χ4n) is 2.18. The van der Waals surface area contributed by atoms with Gasteiger partial charge in [0.25, 0.3) is 0 Å². The van der Waals surface area contributed by atoms with Crippen LogP contribution in [0, 0.1) is 5.92 Å². The standard InChI is InChI=1S/C11H23NO2/c1-4-14-7-9-5-10(13)6-11(9)12-8(2)3/h8-13H,4-7H2,1-3H3. The second kappa shape index (κ2) is 5.69. The van der Waals surface area contributed by atoms with Gasteiger partial charge in [0.2, 0.25) is 0 Å². The summed E-state index contributed by atoms with van der Waals surface area (Å²) >= 11 is 0. The lowest BCUT2D eigenvalue weighted by molar-refractivity contribution is 0.0952. The minimum atomic E-state index is -0.142. The van der Waals surface area contributed by atoms with Gasteiger partial charge in [-0.15, -0.1) is 0 Å². The average Bonchev–Trinajstić information content (AvgIpc) is 2.41. The van der Waals surface area contributed by atoms with Crippen molar-refractivity contribution in [2.45, 2.75) is 51.8 Å². The molecule has 84 valence electrons. The minimum Gasteiger partial charge on any atom is -0.393 e. The molecule has 0 aromatic heterocycles. The van der Waals surface area contributed by atoms with E-state index in [1.165, 1.54) is 0 Å². The molecular formula is C11H23NO2. The molecule has 3 atom stereocenters. The summed E-state index contributed by atoms with van der Waals surface area (Å²) in [6.45, 7) is 7.83. The molecule has 3 heteroatoms. The van der Waals surface area contributed by atoms with Gasteiger partial charge in [0.15, 0.2) is 0 Å². The first-order valence-electron chi connectivity index (χ1n) is 5.65. The van der Waals surface area contributed by atoms with Crippen LogP contribution in [0.25, 0.3) is 0 Å². The van der Waals surface area contributed by atoms with Crippen molar-refractivity contribution in [3.8, 4) is 0 Å². The quantitative estimate of drug-likeness (QED) is 0.701. The Labute approximate surface area is 86.8 Å². The molecule has 0 spiro atoms. The first-order valence-corrected chi connectivity index (χ1v) is 5.65. The van der Waals surface area contributed by atoms with Crippen molar-refractivity contribution in [2.75, 3.05) is 13.2 Å². The van der Waals surface area contributed by atoms with Crippen LogP contribution in [0.4, 0.5) is 0 Å². The minimum absolute atomic E-state index is 0.142. The number of hydrogen-bond donors (Lipinski definition) is 2. The third-order valence-electron chi connectivity index (χ3n) is 2.75. The zero-order valence-electron chi connectivity index (χ0n) is 9.49. The highest BCUT2D eigenvalue weighted by Gasteiger charge is 2.33. The molecule has 1 aliphatic carbocycles. The van der Waals surface area contributed by atoms with Crippen LogP contribution in [0.1, 0.15) is 33.6 Å². The van der Waals surface area contributed by atoms with Crippen molar-refractivity contribution in [2.24, 2.45) is 5.92 Å². The Morgan fingerprint density at radius 2 is 2.14 bits per heavy atom. The van der Waals surface area contributed by atoms with Gasteiger partial charge >= 0.3 is 0 Å². The fourth-order valence-corrected chi connectivity index (χ4v) is 2.18. The van der Waals surface area contributed by atoms with Crippen LogP contribution in [-0.4, -0.2) is 36.5 Å². The topological polar surface area (TPSA) is 41.5 Å². The first-order chi connectivity index (χ1) is 6.63. The molecule has 1 fully saturated rings. The largest absolute Gasteiger partial charge is 0.393 e. The number of aliphatic hydroxyl groups is 1. The van der Waals surface area contributed by atoms with Crippen LogP contribution in [0.3, 0.4) is 0 Å². The molecule has 1 saturated carbocycles. The van der Waals surface area contributed by atoms with E-state index in [1.807, 2.05) is 6.92 Å². The predicted octanol–water partition coefficient (Wildman–Crippen LogP) is 1.16. The van der Waals surface area contributed by atoms with Gasteiger partial charge in [-0.05, 0) is 19.8 Å². The first kappa shape index (κ1) is 12.0. The van der Waals surface area contributed by atoms with Crippen molar-refractivity contribution in [1.29, 1.82) is 0 Å². The summed E-state index contributed by atoms with van der Waals surface area (Å²) in [6.07, 6.45) is 1.61. The third kappa shape index (κ3) is 3.56. The summed E-state index contributed by atoms with van der Waals surface area (Å²) < 4.78 is 5.43. The molecule has 0 aliphatic heterocycles. The number of aliphatic hydroxyl groups excluding tert-OH is 1. The van der Waals surface area contributed by atoms with Gasteiger partial charge in [-0.25, -0.2) is 0 Å². The van der Waals surface area contributed by atoms with Crippen LogP contribution in [0.15, 0.2) is 0 Å². The summed E-state index contributed by atoms with van der Waals surface area (Å²) in [5, 5.41) is 13.1. The molecule has 2 N–H and O–H groups in total. The monoisotopic (exact) mass is 201 g/mol. The highest BCUT2D eigenvalue weighted by molar-refractivity contribution is 4.88. The van der Waals surface area contributed by atoms with Gasteiger partial charge < -0.3 is 15.2 Å². The summed E-state index contributed by atoms with van der Waals surface area (Å²) in [6, 6.07) is 0.908. The molecule has 0 amide bonds. The molecular weight excluding hydrogens is 178 g/mol. The lowest BCUT2D eigenvalue weighted by Crippen LogP contribution is -2.39. The van der Waals surface area contributed by atoms with E-state index in [-0.39, 0.29) is 6.10 Å². The highest BCUT2D eigenvalue weighted by Crippen LogP contribution is 2.26. The number of ether oxygens (including phenoxy) is 1.